The van der Waals surface area contributed by atoms with Crippen molar-refractivity contribution in [3.8, 4) is 0 Å². The van der Waals surface area contributed by atoms with Gasteiger partial charge in [-0.1, -0.05) is 25.9 Å². The maximum absolute atomic E-state index is 11.7. The third-order valence-corrected chi connectivity index (χ3v) is 3.27. The second-order valence-electron chi connectivity index (χ2n) is 5.93. The van der Waals surface area contributed by atoms with Crippen molar-refractivity contribution in [2.75, 3.05) is 18.5 Å². The highest BCUT2D eigenvalue weighted by atomic mass is 16.5. The molecule has 1 fully saturated rings. The highest BCUT2D eigenvalue weighted by Crippen LogP contribution is 2.34. The minimum atomic E-state index is -0.270. The van der Waals surface area contributed by atoms with Crippen LogP contribution in [0.5, 0.6) is 0 Å². The van der Waals surface area contributed by atoms with Crippen LogP contribution in [0, 0.1) is 11.3 Å². The summed E-state index contributed by atoms with van der Waals surface area (Å²) in [4.78, 5) is 11.7. The van der Waals surface area contributed by atoms with Crippen molar-refractivity contribution in [2.45, 2.75) is 33.3 Å². The number of hydrogen-bond donors (Lipinski definition) is 2. The van der Waals surface area contributed by atoms with Crippen LogP contribution in [0.25, 0.3) is 0 Å². The van der Waals surface area contributed by atoms with Gasteiger partial charge in [0.05, 0.1) is 6.10 Å². The normalized spacial score (nSPS) is 23.3. The molecular weight excluding hydrogens is 246 g/mol. The van der Waals surface area contributed by atoms with Gasteiger partial charge >= 0.3 is 6.03 Å². The Hall–Kier alpha value is -1.56. The molecule has 0 spiro atoms. The van der Waals surface area contributed by atoms with E-state index in [1.807, 2.05) is 0 Å². The van der Waals surface area contributed by atoms with E-state index in [2.05, 4.69) is 41.1 Å². The highest BCUT2D eigenvalue weighted by Gasteiger charge is 2.37. The van der Waals surface area contributed by atoms with Gasteiger partial charge in [-0.25, -0.2) is 4.79 Å². The summed E-state index contributed by atoms with van der Waals surface area (Å²) in [6.07, 6.45) is 2.57. The number of urea groups is 1. The van der Waals surface area contributed by atoms with Crippen LogP contribution in [-0.2, 0) is 4.74 Å². The average molecular weight is 267 g/mol. The molecule has 0 unspecified atom stereocenters. The Labute approximate surface area is 112 Å². The summed E-state index contributed by atoms with van der Waals surface area (Å²) in [7, 11) is 0. The van der Waals surface area contributed by atoms with Gasteiger partial charge in [-0.2, -0.15) is 0 Å². The van der Waals surface area contributed by atoms with Crippen molar-refractivity contribution in [2.24, 2.45) is 11.3 Å². The Kier molecular flexibility index (Phi) is 4.09. The maximum Gasteiger partial charge on any atom is 0.320 e. The van der Waals surface area contributed by atoms with E-state index < -0.39 is 0 Å². The lowest BCUT2D eigenvalue weighted by atomic mass is 9.81. The monoisotopic (exact) mass is 267 g/mol. The van der Waals surface area contributed by atoms with E-state index in [9.17, 15) is 4.79 Å². The Morgan fingerprint density at radius 3 is 2.95 bits per heavy atom. The third kappa shape index (κ3) is 3.70. The number of ether oxygens (including phenoxy) is 1. The topological polar surface area (TPSA) is 76.4 Å². The van der Waals surface area contributed by atoms with Gasteiger partial charge in [0, 0.05) is 25.1 Å². The van der Waals surface area contributed by atoms with Crippen LogP contribution in [0.1, 0.15) is 27.2 Å². The molecule has 0 aliphatic carbocycles. The average Bonchev–Trinajstić information content (AvgIpc) is 2.95. The quantitative estimate of drug-likeness (QED) is 0.880. The third-order valence-electron chi connectivity index (χ3n) is 3.27. The Morgan fingerprint density at radius 1 is 1.53 bits per heavy atom. The second kappa shape index (κ2) is 5.61. The minimum Gasteiger partial charge on any atom is -0.377 e. The molecule has 106 valence electrons. The zero-order valence-electron chi connectivity index (χ0n) is 11.6. The lowest BCUT2D eigenvalue weighted by molar-refractivity contribution is 0.00782. The van der Waals surface area contributed by atoms with Crippen molar-refractivity contribution in [3.63, 3.8) is 0 Å². The lowest BCUT2D eigenvalue weighted by Gasteiger charge is -2.31. The van der Waals surface area contributed by atoms with Gasteiger partial charge in [-0.3, -0.25) is 5.32 Å². The van der Waals surface area contributed by atoms with Crippen LogP contribution in [-0.4, -0.2) is 30.4 Å². The summed E-state index contributed by atoms with van der Waals surface area (Å²) < 4.78 is 10.4. The summed E-state index contributed by atoms with van der Waals surface area (Å²) in [5, 5.41) is 9.08. The van der Waals surface area contributed by atoms with Gasteiger partial charge < -0.3 is 14.6 Å². The molecule has 1 aliphatic heterocycles. The molecular formula is C13H21N3O3. The highest BCUT2D eigenvalue weighted by molar-refractivity contribution is 5.87. The summed E-state index contributed by atoms with van der Waals surface area (Å²) in [5.74, 6) is 0.760. The number of carbonyl (C=O) groups is 1. The number of rotatable bonds is 3. The number of hydrogen-bond acceptors (Lipinski definition) is 4. The number of amides is 2. The Balaban J connectivity index is 1.80. The molecule has 0 aromatic carbocycles. The molecule has 0 saturated carbocycles. The predicted molar refractivity (Wildman–Crippen MR) is 70.8 cm³/mol. The molecule has 2 heterocycles. The van der Waals surface area contributed by atoms with Crippen molar-refractivity contribution in [1.82, 2.24) is 10.5 Å². The lowest BCUT2D eigenvalue weighted by Crippen LogP contribution is -2.40. The maximum atomic E-state index is 11.7. The fourth-order valence-electron chi connectivity index (χ4n) is 2.46. The first kappa shape index (κ1) is 13.9. The van der Waals surface area contributed by atoms with E-state index in [1.165, 1.54) is 6.26 Å². The van der Waals surface area contributed by atoms with Gasteiger partial charge in [0.1, 0.15) is 6.26 Å². The molecule has 2 N–H and O–H groups in total. The molecule has 2 atom stereocenters. The van der Waals surface area contributed by atoms with Crippen LogP contribution >= 0.6 is 0 Å². The van der Waals surface area contributed by atoms with Crippen LogP contribution in [0.4, 0.5) is 10.6 Å². The molecule has 1 aromatic rings. The van der Waals surface area contributed by atoms with Crippen LogP contribution in [0.3, 0.4) is 0 Å². The first-order valence-electron chi connectivity index (χ1n) is 6.53. The Morgan fingerprint density at radius 2 is 2.32 bits per heavy atom. The van der Waals surface area contributed by atoms with Crippen LogP contribution in [0.2, 0.25) is 0 Å². The molecule has 2 amide bonds. The molecule has 0 bridgehead atoms. The number of aromatic nitrogens is 1. The Bertz CT molecular complexity index is 411. The van der Waals surface area contributed by atoms with E-state index in [1.54, 1.807) is 6.07 Å². The summed E-state index contributed by atoms with van der Waals surface area (Å²) in [5.41, 5.74) is 0.0887. The molecule has 1 aromatic heterocycles. The van der Waals surface area contributed by atoms with Crippen molar-refractivity contribution < 1.29 is 14.1 Å². The smallest absolute Gasteiger partial charge is 0.320 e. The van der Waals surface area contributed by atoms with Crippen molar-refractivity contribution >= 4 is 11.8 Å². The summed E-state index contributed by atoms with van der Waals surface area (Å²) >= 11 is 0. The van der Waals surface area contributed by atoms with Gasteiger partial charge in [-0.15, -0.1) is 0 Å². The van der Waals surface area contributed by atoms with Gasteiger partial charge in [0.2, 0.25) is 0 Å². The van der Waals surface area contributed by atoms with Crippen molar-refractivity contribution in [3.05, 3.63) is 12.3 Å². The summed E-state index contributed by atoms with van der Waals surface area (Å²) in [6, 6.07) is 1.32. The van der Waals surface area contributed by atoms with Crippen molar-refractivity contribution in [1.29, 1.82) is 0 Å². The minimum absolute atomic E-state index is 0.0887. The number of carbonyl (C=O) groups excluding carboxylic acids is 1. The molecule has 6 nitrogen and oxygen atoms in total. The number of anilines is 1. The standard InChI is InChI=1S/C13H21N3O3/c1-13(2,3)11-9(4-6-18-11)8-14-12(17)15-10-5-7-19-16-10/h5,7,9,11H,4,6,8H2,1-3H3,(H2,14,15,16,17)/t9-,11+/m1/s1. The van der Waals surface area contributed by atoms with Gasteiger partial charge in [-0.05, 0) is 11.8 Å². The molecule has 1 aliphatic rings. The zero-order chi connectivity index (χ0) is 13.9. The molecule has 0 radical (unpaired) electrons. The molecule has 6 heteroatoms. The number of nitrogens with one attached hydrogen (secondary N) is 2. The van der Waals surface area contributed by atoms with E-state index >= 15 is 0 Å². The zero-order valence-corrected chi connectivity index (χ0v) is 11.6. The number of nitrogens with zero attached hydrogens (tertiary/aromatic N) is 1. The SMILES string of the molecule is CC(C)(C)[C@H]1OCC[C@@H]1CNC(=O)Nc1ccon1. The first-order chi connectivity index (χ1) is 8.97. The molecule has 1 saturated heterocycles. The summed E-state index contributed by atoms with van der Waals surface area (Å²) in [6.45, 7) is 7.84. The fraction of sp³-hybridized carbons (Fsp3) is 0.692. The van der Waals surface area contributed by atoms with Crippen LogP contribution < -0.4 is 10.6 Å². The fourth-order valence-corrected chi connectivity index (χ4v) is 2.46. The van der Waals surface area contributed by atoms with Gasteiger partial charge in [0.15, 0.2) is 5.82 Å². The van der Waals surface area contributed by atoms with Crippen LogP contribution in [0.15, 0.2) is 16.9 Å². The predicted octanol–water partition coefficient (Wildman–Crippen LogP) is 2.25. The largest absolute Gasteiger partial charge is 0.377 e. The molecule has 2 rings (SSSR count). The van der Waals surface area contributed by atoms with E-state index in [0.717, 1.165) is 13.0 Å². The van der Waals surface area contributed by atoms with Gasteiger partial charge in [0.25, 0.3) is 0 Å². The van der Waals surface area contributed by atoms with E-state index in [4.69, 9.17) is 4.74 Å². The molecule has 19 heavy (non-hydrogen) atoms. The second-order valence-corrected chi connectivity index (χ2v) is 5.93. The van der Waals surface area contributed by atoms with E-state index in [0.29, 0.717) is 18.3 Å². The van der Waals surface area contributed by atoms with E-state index in [-0.39, 0.29) is 17.6 Å². The first-order valence-corrected chi connectivity index (χ1v) is 6.53.